The normalized spacial score (nSPS) is 22.9. The maximum absolute atomic E-state index is 11.6. The highest BCUT2D eigenvalue weighted by Crippen LogP contribution is 2.11. The summed E-state index contributed by atoms with van der Waals surface area (Å²) in [6.07, 6.45) is 5.33. The lowest BCUT2D eigenvalue weighted by molar-refractivity contribution is -0.671. The van der Waals surface area contributed by atoms with Gasteiger partial charge in [0.15, 0.2) is 6.54 Å². The zero-order chi connectivity index (χ0) is 13.1. The minimum Gasteiger partial charge on any atom is -0.480 e. The van der Waals surface area contributed by atoms with Crippen molar-refractivity contribution in [1.82, 2.24) is 9.88 Å². The molecule has 0 radical (unpaired) electrons. The Hall–Kier alpha value is -1.89. The minimum absolute atomic E-state index is 0.134. The number of carbonyl (C=O) groups is 2. The van der Waals surface area contributed by atoms with Crippen LogP contribution in [0.5, 0.6) is 0 Å². The fraction of sp³-hybridized carbons (Fsp3) is 0.545. The lowest BCUT2D eigenvalue weighted by atomic mass is 10.2. The molecule has 2 heterocycles. The van der Waals surface area contributed by atoms with Gasteiger partial charge in [-0.2, -0.15) is 0 Å². The molecule has 1 aliphatic heterocycles. The van der Waals surface area contributed by atoms with Crippen LogP contribution in [0.4, 0.5) is 0 Å². The van der Waals surface area contributed by atoms with E-state index in [2.05, 4.69) is 5.32 Å². The number of hydrogen-bond donors (Lipinski definition) is 2. The van der Waals surface area contributed by atoms with Gasteiger partial charge in [0.25, 0.3) is 0 Å². The molecule has 7 nitrogen and oxygen atoms in total. The average Bonchev–Trinajstić information content (AvgIpc) is 2.88. The first kappa shape index (κ1) is 12.6. The van der Waals surface area contributed by atoms with Crippen LogP contribution in [0.3, 0.4) is 0 Å². The molecule has 0 aromatic carbocycles. The Balaban J connectivity index is 1.80. The first-order valence-electron chi connectivity index (χ1n) is 5.71. The predicted octanol–water partition coefficient (Wildman–Crippen LogP) is -1.33. The van der Waals surface area contributed by atoms with Crippen LogP contribution in [0, 0.1) is 0 Å². The maximum Gasteiger partial charge on any atom is 0.348 e. The maximum atomic E-state index is 11.6. The molecule has 2 N–H and O–H groups in total. The van der Waals surface area contributed by atoms with E-state index in [-0.39, 0.29) is 18.6 Å². The summed E-state index contributed by atoms with van der Waals surface area (Å²) in [5, 5.41) is 11.6. The lowest BCUT2D eigenvalue weighted by Gasteiger charge is -2.09. The first-order chi connectivity index (χ1) is 8.54. The number of rotatable bonds is 4. The van der Waals surface area contributed by atoms with E-state index in [1.807, 2.05) is 17.8 Å². The standard InChI is InChI=1S/C11H15N3O4/c1-13-2-3-14(7-13)6-10(15)18-8-4-9(11(16)17)12-5-8/h2-3,7-9,12H,4-6H2,1H3/p+1/t8-,9-/m0/s1. The number of aliphatic carboxylic acids is 1. The molecular formula is C11H16N3O4+. The molecule has 2 rings (SSSR count). The molecular weight excluding hydrogens is 238 g/mol. The van der Waals surface area contributed by atoms with Crippen molar-refractivity contribution in [1.29, 1.82) is 0 Å². The van der Waals surface area contributed by atoms with Crippen molar-refractivity contribution in [3.05, 3.63) is 18.7 Å². The molecule has 1 saturated heterocycles. The molecule has 0 aliphatic carbocycles. The van der Waals surface area contributed by atoms with Gasteiger partial charge >= 0.3 is 11.9 Å². The van der Waals surface area contributed by atoms with Gasteiger partial charge in [-0.15, -0.1) is 0 Å². The Labute approximate surface area is 104 Å². The fourth-order valence-electron chi connectivity index (χ4n) is 1.95. The van der Waals surface area contributed by atoms with Gasteiger partial charge in [0, 0.05) is 13.0 Å². The molecule has 1 aromatic rings. The molecule has 1 aromatic heterocycles. The van der Waals surface area contributed by atoms with Gasteiger partial charge in [-0.25, -0.2) is 13.9 Å². The molecule has 18 heavy (non-hydrogen) atoms. The summed E-state index contributed by atoms with van der Waals surface area (Å²) >= 11 is 0. The largest absolute Gasteiger partial charge is 0.480 e. The molecule has 2 atom stereocenters. The van der Waals surface area contributed by atoms with E-state index in [1.54, 1.807) is 17.1 Å². The van der Waals surface area contributed by atoms with E-state index in [4.69, 9.17) is 9.84 Å². The topological polar surface area (TPSA) is 84.4 Å². The average molecular weight is 254 g/mol. The second-order valence-electron chi connectivity index (χ2n) is 4.40. The Morgan fingerprint density at radius 3 is 2.94 bits per heavy atom. The zero-order valence-corrected chi connectivity index (χ0v) is 10.1. The van der Waals surface area contributed by atoms with Crippen molar-refractivity contribution in [2.24, 2.45) is 7.05 Å². The Morgan fingerprint density at radius 2 is 2.39 bits per heavy atom. The van der Waals surface area contributed by atoms with E-state index < -0.39 is 12.0 Å². The van der Waals surface area contributed by atoms with Crippen LogP contribution in [0.2, 0.25) is 0 Å². The van der Waals surface area contributed by atoms with Crippen LogP contribution >= 0.6 is 0 Å². The number of imidazole rings is 1. The Kier molecular flexibility index (Phi) is 3.61. The quantitative estimate of drug-likeness (QED) is 0.514. The number of carboxylic acid groups (broad SMARTS) is 1. The van der Waals surface area contributed by atoms with Crippen molar-refractivity contribution in [3.8, 4) is 0 Å². The lowest BCUT2D eigenvalue weighted by Crippen LogP contribution is -2.30. The third-order valence-electron chi connectivity index (χ3n) is 2.82. The molecule has 1 aliphatic rings. The van der Waals surface area contributed by atoms with E-state index in [1.165, 1.54) is 0 Å². The summed E-state index contributed by atoms with van der Waals surface area (Å²) in [4.78, 5) is 22.3. The monoisotopic (exact) mass is 254 g/mol. The van der Waals surface area contributed by atoms with Gasteiger partial charge in [-0.1, -0.05) is 0 Å². The van der Waals surface area contributed by atoms with Crippen LogP contribution in [0.1, 0.15) is 6.42 Å². The second-order valence-corrected chi connectivity index (χ2v) is 4.40. The number of nitrogens with one attached hydrogen (secondary N) is 1. The summed E-state index contributed by atoms with van der Waals surface area (Å²) < 4.78 is 8.74. The summed E-state index contributed by atoms with van der Waals surface area (Å²) in [5.41, 5.74) is 0. The van der Waals surface area contributed by atoms with E-state index in [0.717, 1.165) is 0 Å². The SMILES string of the molecule is C[n+]1ccn(CC(=O)O[C@@H]2CN[C@H](C(=O)O)C2)c1. The summed E-state index contributed by atoms with van der Waals surface area (Å²) in [6.45, 7) is 0.525. The van der Waals surface area contributed by atoms with Crippen molar-refractivity contribution in [2.45, 2.75) is 25.1 Å². The molecule has 0 amide bonds. The molecule has 0 unspecified atom stereocenters. The van der Waals surface area contributed by atoms with Crippen molar-refractivity contribution in [2.75, 3.05) is 6.54 Å². The van der Waals surface area contributed by atoms with Gasteiger partial charge in [-0.05, 0) is 0 Å². The number of hydrogen-bond acceptors (Lipinski definition) is 4. The van der Waals surface area contributed by atoms with Crippen molar-refractivity contribution < 1.29 is 24.0 Å². The van der Waals surface area contributed by atoms with E-state index in [0.29, 0.717) is 13.0 Å². The summed E-state index contributed by atoms with van der Waals surface area (Å²) in [7, 11) is 1.86. The van der Waals surface area contributed by atoms with Crippen LogP contribution < -0.4 is 9.88 Å². The third-order valence-corrected chi connectivity index (χ3v) is 2.82. The Morgan fingerprint density at radius 1 is 1.61 bits per heavy atom. The molecule has 0 saturated carbocycles. The Bertz CT molecular complexity index is 457. The number of aromatic nitrogens is 2. The van der Waals surface area contributed by atoms with Crippen LogP contribution in [-0.2, 0) is 27.9 Å². The third kappa shape index (κ3) is 3.07. The van der Waals surface area contributed by atoms with E-state index >= 15 is 0 Å². The number of nitrogens with zero attached hydrogens (tertiary/aromatic N) is 2. The number of carbonyl (C=O) groups excluding carboxylic acids is 1. The highest BCUT2D eigenvalue weighted by molar-refractivity contribution is 5.74. The van der Waals surface area contributed by atoms with Crippen molar-refractivity contribution in [3.63, 3.8) is 0 Å². The van der Waals surface area contributed by atoms with Crippen LogP contribution in [0.25, 0.3) is 0 Å². The van der Waals surface area contributed by atoms with Crippen molar-refractivity contribution >= 4 is 11.9 Å². The molecule has 98 valence electrons. The van der Waals surface area contributed by atoms with Crippen LogP contribution in [0.15, 0.2) is 18.7 Å². The first-order valence-corrected chi connectivity index (χ1v) is 5.71. The predicted molar refractivity (Wildman–Crippen MR) is 59.5 cm³/mol. The minimum atomic E-state index is -0.911. The zero-order valence-electron chi connectivity index (χ0n) is 10.1. The molecule has 0 bridgehead atoms. The van der Waals surface area contributed by atoms with Gasteiger partial charge in [0.1, 0.15) is 24.5 Å². The summed E-state index contributed by atoms with van der Waals surface area (Å²) in [5.74, 6) is -1.27. The second kappa shape index (κ2) is 5.18. The van der Waals surface area contributed by atoms with Gasteiger partial charge in [-0.3, -0.25) is 4.79 Å². The number of carboxylic acids is 1. The summed E-state index contributed by atoms with van der Waals surface area (Å²) in [6, 6.07) is -0.618. The fourth-order valence-corrected chi connectivity index (χ4v) is 1.95. The number of ether oxygens (including phenoxy) is 1. The smallest absolute Gasteiger partial charge is 0.348 e. The van der Waals surface area contributed by atoms with Gasteiger partial charge in [0.05, 0.1) is 7.05 Å². The van der Waals surface area contributed by atoms with Gasteiger partial charge in [0.2, 0.25) is 6.33 Å². The highest BCUT2D eigenvalue weighted by Gasteiger charge is 2.31. The molecule has 0 spiro atoms. The molecule has 1 fully saturated rings. The number of esters is 1. The van der Waals surface area contributed by atoms with E-state index in [9.17, 15) is 9.59 Å². The molecule has 7 heteroatoms. The number of aryl methyl sites for hydroxylation is 1. The highest BCUT2D eigenvalue weighted by atomic mass is 16.5. The van der Waals surface area contributed by atoms with Gasteiger partial charge < -0.3 is 15.2 Å². The van der Waals surface area contributed by atoms with Crippen LogP contribution in [-0.4, -0.2) is 40.3 Å².